The van der Waals surface area contributed by atoms with Crippen molar-refractivity contribution in [1.82, 2.24) is 0 Å². The maximum Gasteiger partial charge on any atom is 0.0502 e. The first kappa shape index (κ1) is 27.2. The molecule has 0 bridgehead atoms. The summed E-state index contributed by atoms with van der Waals surface area (Å²) in [6.07, 6.45) is 0. The Balaban J connectivity index is 1.12. The standard InChI is InChI=1S/C45H37N/c1-44(2,3)34-19-16-28(17-20-34)29-14-15-30-24-36-37-25-31-18-21-35(23-33(31)27-39(37)38(36)26-32(30)22-29)46-42-12-8-6-10-40(42)45(4,5)41-11-7-9-13-43(41)46/h6-27H,1-5H3. The highest BCUT2D eigenvalue weighted by Gasteiger charge is 2.36. The molecule has 1 aliphatic heterocycles. The maximum absolute atomic E-state index is 2.45. The summed E-state index contributed by atoms with van der Waals surface area (Å²) >= 11 is 0. The highest BCUT2D eigenvalue weighted by Crippen LogP contribution is 2.53. The fourth-order valence-electron chi connectivity index (χ4n) is 7.84. The molecule has 1 heterocycles. The van der Waals surface area contributed by atoms with Crippen molar-refractivity contribution in [3.05, 3.63) is 150 Å². The van der Waals surface area contributed by atoms with Crippen LogP contribution >= 0.6 is 0 Å². The number of fused-ring (bicyclic) bond motifs is 8. The van der Waals surface area contributed by atoms with Gasteiger partial charge >= 0.3 is 0 Å². The van der Waals surface area contributed by atoms with Gasteiger partial charge in [0.05, 0.1) is 11.4 Å². The van der Waals surface area contributed by atoms with Crippen LogP contribution in [0.15, 0.2) is 133 Å². The third-order valence-electron chi connectivity index (χ3n) is 10.5. The van der Waals surface area contributed by atoms with Crippen LogP contribution in [0.5, 0.6) is 0 Å². The molecule has 222 valence electrons. The molecular formula is C45H37N. The molecule has 0 N–H and O–H groups in total. The second kappa shape index (κ2) is 9.44. The topological polar surface area (TPSA) is 3.24 Å². The van der Waals surface area contributed by atoms with Crippen LogP contribution in [-0.2, 0) is 10.8 Å². The van der Waals surface area contributed by atoms with Gasteiger partial charge < -0.3 is 4.90 Å². The van der Waals surface area contributed by atoms with Crippen molar-refractivity contribution in [3.63, 3.8) is 0 Å². The zero-order valence-electron chi connectivity index (χ0n) is 27.1. The van der Waals surface area contributed by atoms with Gasteiger partial charge in [-0.3, -0.25) is 0 Å². The lowest BCUT2D eigenvalue weighted by atomic mass is 9.73. The summed E-state index contributed by atoms with van der Waals surface area (Å²) in [5.74, 6) is 0. The third-order valence-corrected chi connectivity index (χ3v) is 10.5. The van der Waals surface area contributed by atoms with Crippen LogP contribution in [0, 0.1) is 0 Å². The minimum absolute atomic E-state index is 0.0638. The summed E-state index contributed by atoms with van der Waals surface area (Å²) < 4.78 is 0. The van der Waals surface area contributed by atoms with Crippen molar-refractivity contribution >= 4 is 38.6 Å². The van der Waals surface area contributed by atoms with Crippen molar-refractivity contribution in [2.75, 3.05) is 4.90 Å². The van der Waals surface area contributed by atoms with Gasteiger partial charge in [0.2, 0.25) is 0 Å². The first-order valence-corrected chi connectivity index (χ1v) is 16.4. The average Bonchev–Trinajstić information content (AvgIpc) is 3.06. The predicted octanol–water partition coefficient (Wildman–Crippen LogP) is 12.7. The van der Waals surface area contributed by atoms with Gasteiger partial charge in [-0.05, 0) is 132 Å². The Morgan fingerprint density at radius 2 is 0.935 bits per heavy atom. The lowest BCUT2D eigenvalue weighted by Crippen LogP contribution is -2.30. The molecule has 0 fully saturated rings. The van der Waals surface area contributed by atoms with E-state index < -0.39 is 0 Å². The molecule has 0 amide bonds. The summed E-state index contributed by atoms with van der Waals surface area (Å²) in [5, 5.41) is 5.13. The Morgan fingerprint density at radius 3 is 1.50 bits per heavy atom. The van der Waals surface area contributed by atoms with E-state index in [1.54, 1.807) is 0 Å². The first-order chi connectivity index (χ1) is 22.2. The largest absolute Gasteiger partial charge is 0.310 e. The molecule has 7 aromatic rings. The zero-order chi connectivity index (χ0) is 31.4. The normalized spacial score (nSPS) is 14.3. The number of para-hydroxylation sites is 2. The Labute approximate surface area is 271 Å². The molecule has 1 nitrogen and oxygen atoms in total. The number of anilines is 3. The third kappa shape index (κ3) is 3.94. The number of hydrogen-bond donors (Lipinski definition) is 0. The number of benzene rings is 7. The van der Waals surface area contributed by atoms with E-state index in [2.05, 4.69) is 173 Å². The van der Waals surface area contributed by atoms with E-state index in [9.17, 15) is 0 Å². The van der Waals surface area contributed by atoms with E-state index in [1.165, 1.54) is 88.7 Å². The van der Waals surface area contributed by atoms with Crippen LogP contribution in [-0.4, -0.2) is 0 Å². The molecule has 0 radical (unpaired) electrons. The van der Waals surface area contributed by atoms with Crippen molar-refractivity contribution in [1.29, 1.82) is 0 Å². The fraction of sp³-hybridized carbons (Fsp3) is 0.156. The Bertz CT molecular complexity index is 2320. The number of rotatable bonds is 2. The summed E-state index contributed by atoms with van der Waals surface area (Å²) in [7, 11) is 0. The van der Waals surface area contributed by atoms with Crippen LogP contribution in [0.3, 0.4) is 0 Å². The molecule has 0 spiro atoms. The molecule has 9 rings (SSSR count). The van der Waals surface area contributed by atoms with Crippen molar-refractivity contribution in [2.24, 2.45) is 0 Å². The molecule has 0 aromatic heterocycles. The molecule has 46 heavy (non-hydrogen) atoms. The molecule has 0 saturated carbocycles. The molecule has 0 unspecified atom stereocenters. The van der Waals surface area contributed by atoms with Gasteiger partial charge in [0.15, 0.2) is 0 Å². The summed E-state index contributed by atoms with van der Waals surface area (Å²) in [4.78, 5) is 2.45. The van der Waals surface area contributed by atoms with Crippen LogP contribution in [0.2, 0.25) is 0 Å². The molecule has 7 aromatic carbocycles. The van der Waals surface area contributed by atoms with Gasteiger partial charge in [-0.25, -0.2) is 0 Å². The van der Waals surface area contributed by atoms with Crippen LogP contribution < -0.4 is 4.90 Å². The van der Waals surface area contributed by atoms with Gasteiger partial charge in [-0.15, -0.1) is 0 Å². The molecular weight excluding hydrogens is 555 g/mol. The Kier molecular flexibility index (Phi) is 5.58. The molecule has 1 heteroatoms. The molecule has 0 saturated heterocycles. The number of hydrogen-bond acceptors (Lipinski definition) is 1. The number of nitrogens with zero attached hydrogens (tertiary/aromatic N) is 1. The Hall–Kier alpha value is -5.14. The van der Waals surface area contributed by atoms with Gasteiger partial charge in [0.25, 0.3) is 0 Å². The van der Waals surface area contributed by atoms with Crippen molar-refractivity contribution in [3.8, 4) is 33.4 Å². The van der Waals surface area contributed by atoms with Gasteiger partial charge in [-0.1, -0.05) is 113 Å². The second-order valence-electron chi connectivity index (χ2n) is 14.7. The first-order valence-electron chi connectivity index (χ1n) is 16.4. The molecule has 2 aliphatic rings. The van der Waals surface area contributed by atoms with Crippen LogP contribution in [0.4, 0.5) is 17.1 Å². The van der Waals surface area contributed by atoms with E-state index in [0.717, 1.165) is 0 Å². The maximum atomic E-state index is 2.45. The molecule has 0 atom stereocenters. The minimum Gasteiger partial charge on any atom is -0.310 e. The van der Waals surface area contributed by atoms with E-state index in [0.29, 0.717) is 0 Å². The van der Waals surface area contributed by atoms with Gasteiger partial charge in [0, 0.05) is 11.1 Å². The smallest absolute Gasteiger partial charge is 0.0502 e. The van der Waals surface area contributed by atoms with E-state index in [1.807, 2.05) is 0 Å². The lowest BCUT2D eigenvalue weighted by molar-refractivity contribution is 0.590. The van der Waals surface area contributed by atoms with Crippen LogP contribution in [0.25, 0.3) is 54.9 Å². The van der Waals surface area contributed by atoms with E-state index in [-0.39, 0.29) is 10.8 Å². The highest BCUT2D eigenvalue weighted by atomic mass is 15.2. The average molecular weight is 592 g/mol. The SMILES string of the molecule is CC(C)(C)c1ccc(-c2ccc3cc4c(cc3c2)-c2cc3cc(N5c6ccccc6C(C)(C)c6ccccc65)ccc3cc2-4)cc1. The van der Waals surface area contributed by atoms with E-state index in [4.69, 9.17) is 0 Å². The zero-order valence-corrected chi connectivity index (χ0v) is 27.1. The quantitative estimate of drug-likeness (QED) is 0.193. The molecule has 1 aliphatic carbocycles. The minimum atomic E-state index is -0.0638. The summed E-state index contributed by atoms with van der Waals surface area (Å²) in [6.45, 7) is 11.5. The summed E-state index contributed by atoms with van der Waals surface area (Å²) in [5.41, 5.74) is 15.8. The monoisotopic (exact) mass is 591 g/mol. The van der Waals surface area contributed by atoms with Crippen molar-refractivity contribution < 1.29 is 0 Å². The van der Waals surface area contributed by atoms with Gasteiger partial charge in [-0.2, -0.15) is 0 Å². The van der Waals surface area contributed by atoms with Crippen molar-refractivity contribution in [2.45, 2.75) is 45.4 Å². The summed E-state index contributed by atoms with van der Waals surface area (Å²) in [6, 6.07) is 50.3. The van der Waals surface area contributed by atoms with Gasteiger partial charge in [0.1, 0.15) is 0 Å². The second-order valence-corrected chi connectivity index (χ2v) is 14.7. The Morgan fingerprint density at radius 1 is 0.457 bits per heavy atom. The predicted molar refractivity (Wildman–Crippen MR) is 197 cm³/mol. The highest BCUT2D eigenvalue weighted by molar-refractivity contribution is 6.12. The van der Waals surface area contributed by atoms with E-state index >= 15 is 0 Å². The fourth-order valence-corrected chi connectivity index (χ4v) is 7.84. The van der Waals surface area contributed by atoms with Crippen LogP contribution in [0.1, 0.15) is 51.3 Å². The lowest BCUT2D eigenvalue weighted by Gasteiger charge is -2.42.